The van der Waals surface area contributed by atoms with Crippen molar-refractivity contribution in [2.45, 2.75) is 45.9 Å². The van der Waals surface area contributed by atoms with Crippen molar-refractivity contribution in [2.24, 2.45) is 0 Å². The van der Waals surface area contributed by atoms with Gasteiger partial charge in [-0.2, -0.15) is 4.39 Å². The Kier molecular flexibility index (Phi) is 5.07. The van der Waals surface area contributed by atoms with Gasteiger partial charge in [0.25, 0.3) is 0 Å². The molecule has 0 fully saturated rings. The van der Waals surface area contributed by atoms with Gasteiger partial charge in [0.1, 0.15) is 12.1 Å². The number of rotatable bonds is 6. The van der Waals surface area contributed by atoms with Crippen molar-refractivity contribution in [1.82, 2.24) is 14.8 Å². The molecular formula is C21H24FN3O. The molecule has 3 aromatic rings. The van der Waals surface area contributed by atoms with E-state index in [1.807, 2.05) is 12.1 Å². The molecule has 1 aromatic heterocycles. The summed E-state index contributed by atoms with van der Waals surface area (Å²) in [7, 11) is 0. The highest BCUT2D eigenvalue weighted by Crippen LogP contribution is 2.24. The molecule has 0 aliphatic rings. The average Bonchev–Trinajstić information content (AvgIpc) is 3.10. The molecular weight excluding hydrogens is 329 g/mol. The summed E-state index contributed by atoms with van der Waals surface area (Å²) in [5.41, 5.74) is 3.14. The van der Waals surface area contributed by atoms with E-state index in [2.05, 4.69) is 48.2 Å². The third-order valence-corrected chi connectivity index (χ3v) is 4.30. The van der Waals surface area contributed by atoms with Crippen LogP contribution in [0, 0.1) is 0 Å². The first-order valence-corrected chi connectivity index (χ1v) is 8.86. The van der Waals surface area contributed by atoms with Crippen LogP contribution in [0.25, 0.3) is 17.1 Å². The molecule has 0 aliphatic carbocycles. The zero-order valence-corrected chi connectivity index (χ0v) is 15.6. The number of alkyl halides is 1. The van der Waals surface area contributed by atoms with E-state index in [9.17, 15) is 4.39 Å². The lowest BCUT2D eigenvalue weighted by Gasteiger charge is -2.17. The lowest BCUT2D eigenvalue weighted by Crippen LogP contribution is -2.20. The molecule has 136 valence electrons. The van der Waals surface area contributed by atoms with Crippen molar-refractivity contribution in [3.05, 3.63) is 60.4 Å². The summed E-state index contributed by atoms with van der Waals surface area (Å²) in [4.78, 5) is 4.40. The zero-order valence-electron chi connectivity index (χ0n) is 15.6. The van der Waals surface area contributed by atoms with Crippen LogP contribution in [0.5, 0.6) is 5.75 Å². The number of ether oxygens (including phenoxy) is 1. The molecule has 0 bridgehead atoms. The molecule has 2 aromatic carbocycles. The van der Waals surface area contributed by atoms with E-state index in [0.29, 0.717) is 17.5 Å². The second kappa shape index (κ2) is 7.28. The highest BCUT2D eigenvalue weighted by atomic mass is 19.2. The minimum atomic E-state index is -1.70. The Labute approximate surface area is 153 Å². The number of hydrogen-bond donors (Lipinski definition) is 0. The van der Waals surface area contributed by atoms with Crippen LogP contribution in [0.2, 0.25) is 0 Å². The Morgan fingerprint density at radius 2 is 1.73 bits per heavy atom. The molecule has 0 amide bonds. The number of aromatic nitrogens is 3. The molecule has 26 heavy (non-hydrogen) atoms. The standard InChI is InChI=1S/C21H24FN3O/c1-5-15(2)16-6-8-17(9-7-16)20-23-14-25(24-20)18-10-12-19(13-11-18)26-21(3,4)22/h6-15H,5H2,1-4H3. The largest absolute Gasteiger partial charge is 0.459 e. The second-order valence-electron chi connectivity index (χ2n) is 6.90. The number of nitrogens with zero attached hydrogens (tertiary/aromatic N) is 3. The van der Waals surface area contributed by atoms with Gasteiger partial charge < -0.3 is 4.74 Å². The van der Waals surface area contributed by atoms with E-state index in [-0.39, 0.29) is 0 Å². The first-order valence-electron chi connectivity index (χ1n) is 8.86. The minimum Gasteiger partial charge on any atom is -0.459 e. The van der Waals surface area contributed by atoms with Crippen molar-refractivity contribution in [1.29, 1.82) is 0 Å². The quantitative estimate of drug-likeness (QED) is 0.585. The summed E-state index contributed by atoms with van der Waals surface area (Å²) in [6, 6.07) is 15.5. The fourth-order valence-corrected chi connectivity index (χ4v) is 2.66. The van der Waals surface area contributed by atoms with Gasteiger partial charge in [0.2, 0.25) is 5.85 Å². The minimum absolute atomic E-state index is 0.474. The van der Waals surface area contributed by atoms with Gasteiger partial charge in [-0.1, -0.05) is 38.1 Å². The van der Waals surface area contributed by atoms with E-state index in [0.717, 1.165) is 17.7 Å². The summed E-state index contributed by atoms with van der Waals surface area (Å²) in [6.45, 7) is 7.15. The lowest BCUT2D eigenvalue weighted by atomic mass is 9.97. The topological polar surface area (TPSA) is 39.9 Å². The van der Waals surface area contributed by atoms with Gasteiger partial charge in [0.15, 0.2) is 5.82 Å². The molecule has 0 saturated heterocycles. The van der Waals surface area contributed by atoms with Crippen molar-refractivity contribution in [2.75, 3.05) is 0 Å². The van der Waals surface area contributed by atoms with Crippen molar-refractivity contribution in [3.63, 3.8) is 0 Å². The van der Waals surface area contributed by atoms with Crippen molar-refractivity contribution < 1.29 is 9.13 Å². The Morgan fingerprint density at radius 3 is 2.31 bits per heavy atom. The van der Waals surface area contributed by atoms with Crippen LogP contribution < -0.4 is 4.74 Å². The predicted molar refractivity (Wildman–Crippen MR) is 101 cm³/mol. The maximum Gasteiger partial charge on any atom is 0.242 e. The van der Waals surface area contributed by atoms with Crippen molar-refractivity contribution in [3.8, 4) is 22.8 Å². The smallest absolute Gasteiger partial charge is 0.242 e. The molecule has 0 N–H and O–H groups in total. The van der Waals surface area contributed by atoms with Crippen LogP contribution in [0.4, 0.5) is 4.39 Å². The fraction of sp³-hybridized carbons (Fsp3) is 0.333. The number of benzene rings is 2. The summed E-state index contributed by atoms with van der Waals surface area (Å²) >= 11 is 0. The molecule has 0 saturated carbocycles. The first-order chi connectivity index (χ1) is 12.4. The summed E-state index contributed by atoms with van der Waals surface area (Å²) in [5, 5.41) is 4.54. The van der Waals surface area contributed by atoms with Gasteiger partial charge in [-0.05, 0) is 42.2 Å². The van der Waals surface area contributed by atoms with Gasteiger partial charge >= 0.3 is 0 Å². The average molecular weight is 353 g/mol. The van der Waals surface area contributed by atoms with Gasteiger partial charge in [0, 0.05) is 19.4 Å². The Balaban J connectivity index is 1.77. The maximum absolute atomic E-state index is 13.5. The van der Waals surface area contributed by atoms with Crippen LogP contribution in [0.15, 0.2) is 54.9 Å². The SMILES string of the molecule is CCC(C)c1ccc(-c2ncn(-c3ccc(OC(C)(C)F)cc3)n2)cc1. The first kappa shape index (κ1) is 18.1. The Bertz CT molecular complexity index is 848. The molecule has 1 atom stereocenters. The van der Waals surface area contributed by atoms with Crippen LogP contribution in [0.3, 0.4) is 0 Å². The summed E-state index contributed by atoms with van der Waals surface area (Å²) in [5.74, 6) is -0.0126. The molecule has 0 radical (unpaired) electrons. The van der Waals surface area contributed by atoms with Crippen LogP contribution >= 0.6 is 0 Å². The van der Waals surface area contributed by atoms with E-state index in [1.165, 1.54) is 19.4 Å². The van der Waals surface area contributed by atoms with Crippen LogP contribution in [0.1, 0.15) is 45.6 Å². The fourth-order valence-electron chi connectivity index (χ4n) is 2.66. The molecule has 3 rings (SSSR count). The summed E-state index contributed by atoms with van der Waals surface area (Å²) in [6.07, 6.45) is 2.79. The van der Waals surface area contributed by atoms with Gasteiger partial charge in [-0.15, -0.1) is 5.10 Å². The Morgan fingerprint density at radius 1 is 1.08 bits per heavy atom. The third kappa shape index (κ3) is 4.28. The normalized spacial score (nSPS) is 12.8. The third-order valence-electron chi connectivity index (χ3n) is 4.30. The molecule has 1 unspecified atom stereocenters. The summed E-state index contributed by atoms with van der Waals surface area (Å²) < 4.78 is 20.4. The molecule has 5 heteroatoms. The lowest BCUT2D eigenvalue weighted by molar-refractivity contribution is -0.0257. The van der Waals surface area contributed by atoms with E-state index in [1.54, 1.807) is 23.1 Å². The van der Waals surface area contributed by atoms with Gasteiger partial charge in [-0.3, -0.25) is 0 Å². The monoisotopic (exact) mass is 353 g/mol. The second-order valence-corrected chi connectivity index (χ2v) is 6.90. The predicted octanol–water partition coefficient (Wildman–Crippen LogP) is 5.53. The number of halogens is 1. The van der Waals surface area contributed by atoms with Crippen molar-refractivity contribution >= 4 is 0 Å². The van der Waals surface area contributed by atoms with Gasteiger partial charge in [0.05, 0.1) is 5.69 Å². The highest BCUT2D eigenvalue weighted by Gasteiger charge is 2.16. The van der Waals surface area contributed by atoms with E-state index in [4.69, 9.17) is 4.74 Å². The van der Waals surface area contributed by atoms with E-state index >= 15 is 0 Å². The highest BCUT2D eigenvalue weighted by molar-refractivity contribution is 5.55. The molecule has 1 heterocycles. The molecule has 0 spiro atoms. The number of hydrogen-bond acceptors (Lipinski definition) is 3. The maximum atomic E-state index is 13.5. The van der Waals surface area contributed by atoms with Gasteiger partial charge in [-0.25, -0.2) is 9.67 Å². The zero-order chi connectivity index (χ0) is 18.7. The van der Waals surface area contributed by atoms with Crippen LogP contribution in [-0.4, -0.2) is 20.6 Å². The Hall–Kier alpha value is -2.69. The molecule has 0 aliphatic heterocycles. The molecule has 4 nitrogen and oxygen atoms in total. The van der Waals surface area contributed by atoms with Crippen LogP contribution in [-0.2, 0) is 0 Å². The van der Waals surface area contributed by atoms with E-state index < -0.39 is 5.85 Å².